The van der Waals surface area contributed by atoms with Crippen LogP contribution in [0.4, 0.5) is 0 Å². The molecule has 0 saturated heterocycles. The second kappa shape index (κ2) is 16.8. The molecule has 0 radical (unpaired) electrons. The van der Waals surface area contributed by atoms with E-state index < -0.39 is 0 Å². The summed E-state index contributed by atoms with van der Waals surface area (Å²) in [5.41, 5.74) is 0. The molecule has 0 aromatic rings. The molecular weight excluding hydrogens is 264 g/mol. The maximum atomic E-state index is 11.6. The van der Waals surface area contributed by atoms with E-state index in [2.05, 4.69) is 26.0 Å². The normalized spacial score (nSPS) is 11.3. The lowest BCUT2D eigenvalue weighted by Gasteiger charge is -2.00. The maximum Gasteiger partial charge on any atom is 0.189 e. The van der Waals surface area contributed by atoms with Gasteiger partial charge in [0.05, 0.1) is 0 Å². The minimum absolute atomic E-state index is 0.371. The van der Waals surface area contributed by atoms with E-state index in [-0.39, 0.29) is 0 Å². The molecule has 0 fully saturated rings. The van der Waals surface area contributed by atoms with Crippen LogP contribution in [-0.4, -0.2) is 10.9 Å². The molecule has 0 N–H and O–H groups in total. The number of unbranched alkanes of at least 4 members (excludes halogenated alkanes) is 9. The second-order valence-electron chi connectivity index (χ2n) is 5.52. The van der Waals surface area contributed by atoms with E-state index in [0.717, 1.165) is 18.6 Å². The quantitative estimate of drug-likeness (QED) is 0.268. The second-order valence-corrected chi connectivity index (χ2v) is 6.60. The minimum Gasteiger partial charge on any atom is -0.287 e. The summed E-state index contributed by atoms with van der Waals surface area (Å²) in [4.78, 5) is 11.6. The highest BCUT2D eigenvalue weighted by molar-refractivity contribution is 8.13. The molecule has 1 nitrogen and oxygen atoms in total. The zero-order valence-corrected chi connectivity index (χ0v) is 14.5. The first-order chi connectivity index (χ1) is 9.81. The standard InChI is InChI=1S/C18H34OS/c1-3-5-7-9-11-13-15-17-20-18(19)16-14-12-10-8-6-4-2/h13,15H,3-12,14,16-17H2,1-2H3/b15-13+. The van der Waals surface area contributed by atoms with Gasteiger partial charge < -0.3 is 0 Å². The molecule has 0 aliphatic heterocycles. The number of rotatable bonds is 14. The molecule has 0 spiro atoms. The van der Waals surface area contributed by atoms with E-state index in [0.29, 0.717) is 5.12 Å². The Hall–Kier alpha value is -0.240. The van der Waals surface area contributed by atoms with Crippen LogP contribution in [0.1, 0.15) is 90.9 Å². The van der Waals surface area contributed by atoms with Gasteiger partial charge in [0.15, 0.2) is 5.12 Å². The molecular formula is C18H34OS. The van der Waals surface area contributed by atoms with Crippen molar-refractivity contribution in [1.29, 1.82) is 0 Å². The number of carbonyl (C=O) groups is 1. The largest absolute Gasteiger partial charge is 0.287 e. The topological polar surface area (TPSA) is 17.1 Å². The minimum atomic E-state index is 0.371. The van der Waals surface area contributed by atoms with Crippen LogP contribution in [-0.2, 0) is 4.79 Å². The van der Waals surface area contributed by atoms with Gasteiger partial charge in [0.1, 0.15) is 0 Å². The van der Waals surface area contributed by atoms with Crippen LogP contribution in [0.3, 0.4) is 0 Å². The third-order valence-corrected chi connectivity index (χ3v) is 4.35. The van der Waals surface area contributed by atoms with Crippen molar-refractivity contribution < 1.29 is 4.79 Å². The fourth-order valence-corrected chi connectivity index (χ4v) is 2.84. The van der Waals surface area contributed by atoms with Gasteiger partial charge in [-0.1, -0.05) is 89.1 Å². The molecule has 0 amide bonds. The first kappa shape index (κ1) is 19.8. The zero-order chi connectivity index (χ0) is 14.9. The van der Waals surface area contributed by atoms with Gasteiger partial charge >= 0.3 is 0 Å². The Labute approximate surface area is 131 Å². The Morgan fingerprint density at radius 1 is 0.800 bits per heavy atom. The Morgan fingerprint density at radius 2 is 1.40 bits per heavy atom. The van der Waals surface area contributed by atoms with Gasteiger partial charge in [-0.25, -0.2) is 0 Å². The average molecular weight is 299 g/mol. The smallest absolute Gasteiger partial charge is 0.189 e. The Bertz CT molecular complexity index is 236. The van der Waals surface area contributed by atoms with Gasteiger partial charge in [-0.15, -0.1) is 0 Å². The number of thioether (sulfide) groups is 1. The van der Waals surface area contributed by atoms with Crippen molar-refractivity contribution >= 4 is 16.9 Å². The Balaban J connectivity index is 3.25. The van der Waals surface area contributed by atoms with E-state index in [4.69, 9.17) is 0 Å². The SMILES string of the molecule is CCCCCC/C=C/CSC(=O)CCCCCCCC. The highest BCUT2D eigenvalue weighted by atomic mass is 32.2. The van der Waals surface area contributed by atoms with Crippen LogP contribution in [0, 0.1) is 0 Å². The van der Waals surface area contributed by atoms with Crippen LogP contribution < -0.4 is 0 Å². The first-order valence-corrected chi connectivity index (χ1v) is 9.60. The van der Waals surface area contributed by atoms with Crippen LogP contribution >= 0.6 is 11.8 Å². The predicted molar refractivity (Wildman–Crippen MR) is 93.4 cm³/mol. The summed E-state index contributed by atoms with van der Waals surface area (Å²) in [6.07, 6.45) is 19.2. The highest BCUT2D eigenvalue weighted by Gasteiger charge is 2.00. The molecule has 0 aromatic heterocycles. The average Bonchev–Trinajstić information content (AvgIpc) is 2.45. The fraction of sp³-hybridized carbons (Fsp3) is 0.833. The lowest BCUT2D eigenvalue weighted by atomic mass is 10.1. The van der Waals surface area contributed by atoms with Gasteiger partial charge in [0.25, 0.3) is 0 Å². The summed E-state index contributed by atoms with van der Waals surface area (Å²) >= 11 is 1.49. The third-order valence-electron chi connectivity index (χ3n) is 3.47. The van der Waals surface area contributed by atoms with E-state index >= 15 is 0 Å². The molecule has 0 aliphatic carbocycles. The molecule has 0 aromatic carbocycles. The zero-order valence-electron chi connectivity index (χ0n) is 13.7. The van der Waals surface area contributed by atoms with Gasteiger partial charge in [0.2, 0.25) is 0 Å². The van der Waals surface area contributed by atoms with Crippen molar-refractivity contribution in [3.05, 3.63) is 12.2 Å². The third kappa shape index (κ3) is 15.8. The molecule has 118 valence electrons. The molecule has 0 aliphatic rings. The van der Waals surface area contributed by atoms with Gasteiger partial charge in [-0.05, 0) is 19.3 Å². The van der Waals surface area contributed by atoms with Crippen molar-refractivity contribution in [3.8, 4) is 0 Å². The molecule has 0 heterocycles. The number of carbonyl (C=O) groups excluding carboxylic acids is 1. The number of hydrogen-bond donors (Lipinski definition) is 0. The van der Waals surface area contributed by atoms with E-state index in [1.807, 2.05) is 0 Å². The Kier molecular flexibility index (Phi) is 16.6. The van der Waals surface area contributed by atoms with Crippen LogP contribution in [0.2, 0.25) is 0 Å². The van der Waals surface area contributed by atoms with Crippen molar-refractivity contribution in [3.63, 3.8) is 0 Å². The molecule has 0 unspecified atom stereocenters. The molecule has 0 saturated carbocycles. The monoisotopic (exact) mass is 298 g/mol. The lowest BCUT2D eigenvalue weighted by Crippen LogP contribution is -1.92. The van der Waals surface area contributed by atoms with Crippen LogP contribution in [0.15, 0.2) is 12.2 Å². The van der Waals surface area contributed by atoms with Gasteiger partial charge in [-0.2, -0.15) is 0 Å². The van der Waals surface area contributed by atoms with Crippen molar-refractivity contribution in [2.75, 3.05) is 5.75 Å². The van der Waals surface area contributed by atoms with Crippen LogP contribution in [0.5, 0.6) is 0 Å². The summed E-state index contributed by atoms with van der Waals surface area (Å²) < 4.78 is 0. The van der Waals surface area contributed by atoms with E-state index in [1.165, 1.54) is 76.0 Å². The first-order valence-electron chi connectivity index (χ1n) is 8.61. The summed E-state index contributed by atoms with van der Waals surface area (Å²) in [5.74, 6) is 0.864. The molecule has 0 atom stereocenters. The molecule has 0 bridgehead atoms. The summed E-state index contributed by atoms with van der Waals surface area (Å²) in [7, 11) is 0. The van der Waals surface area contributed by atoms with E-state index in [9.17, 15) is 4.79 Å². The molecule has 2 heteroatoms. The van der Waals surface area contributed by atoms with E-state index in [1.54, 1.807) is 0 Å². The summed E-state index contributed by atoms with van der Waals surface area (Å²) in [6.45, 7) is 4.47. The van der Waals surface area contributed by atoms with Gasteiger partial charge in [0, 0.05) is 12.2 Å². The summed E-state index contributed by atoms with van der Waals surface area (Å²) in [5, 5.41) is 0.371. The van der Waals surface area contributed by atoms with Crippen molar-refractivity contribution in [2.45, 2.75) is 90.9 Å². The maximum absolute atomic E-state index is 11.6. The number of allylic oxidation sites excluding steroid dienone is 1. The highest BCUT2D eigenvalue weighted by Crippen LogP contribution is 2.12. The predicted octanol–water partition coefficient (Wildman–Crippen LogP) is 6.52. The molecule has 0 rings (SSSR count). The van der Waals surface area contributed by atoms with Crippen molar-refractivity contribution in [2.24, 2.45) is 0 Å². The van der Waals surface area contributed by atoms with Crippen molar-refractivity contribution in [1.82, 2.24) is 0 Å². The van der Waals surface area contributed by atoms with Gasteiger partial charge in [-0.3, -0.25) is 4.79 Å². The Morgan fingerprint density at radius 3 is 2.10 bits per heavy atom. The lowest BCUT2D eigenvalue weighted by molar-refractivity contribution is -0.111. The molecule has 20 heavy (non-hydrogen) atoms. The fourth-order valence-electron chi connectivity index (χ4n) is 2.14. The van der Waals surface area contributed by atoms with Crippen LogP contribution in [0.25, 0.3) is 0 Å². The number of hydrogen-bond acceptors (Lipinski definition) is 2. The summed E-state index contributed by atoms with van der Waals surface area (Å²) in [6, 6.07) is 0.